The topological polar surface area (TPSA) is 37.3 Å². The molecule has 0 bridgehead atoms. The van der Waals surface area contributed by atoms with Gasteiger partial charge in [0.2, 0.25) is 0 Å². The molecule has 0 radical (unpaired) electrons. The zero-order valence-electron chi connectivity index (χ0n) is 10.4. The van der Waals surface area contributed by atoms with Gasteiger partial charge in [-0.3, -0.25) is 10.2 Å². The lowest BCUT2D eigenvalue weighted by Crippen LogP contribution is -2.38. The minimum atomic E-state index is -0.0144. The van der Waals surface area contributed by atoms with Gasteiger partial charge in [-0.2, -0.15) is 0 Å². The predicted molar refractivity (Wildman–Crippen MR) is 68.5 cm³/mol. The number of hydrazine groups is 1. The first-order chi connectivity index (χ1) is 8.08. The van der Waals surface area contributed by atoms with Gasteiger partial charge >= 0.3 is 0 Å². The van der Waals surface area contributed by atoms with Crippen molar-refractivity contribution >= 4 is 16.8 Å². The Balaban J connectivity index is 2.29. The summed E-state index contributed by atoms with van der Waals surface area (Å²) in [6, 6.07) is 10.2. The van der Waals surface area contributed by atoms with Crippen molar-refractivity contribution in [3.05, 3.63) is 36.0 Å². The van der Waals surface area contributed by atoms with Crippen molar-refractivity contribution in [3.8, 4) is 0 Å². The second-order valence-corrected chi connectivity index (χ2v) is 4.36. The number of nitrogens with zero attached hydrogens (tertiary/aromatic N) is 2. The summed E-state index contributed by atoms with van der Waals surface area (Å²) in [7, 11) is 3.61. The van der Waals surface area contributed by atoms with Crippen LogP contribution in [0.3, 0.4) is 0 Å². The molecule has 4 heteroatoms. The molecule has 1 aromatic carbocycles. The number of fused-ring (bicyclic) bond motifs is 1. The Morgan fingerprint density at radius 3 is 2.76 bits per heavy atom. The van der Waals surface area contributed by atoms with E-state index >= 15 is 0 Å². The molecule has 0 spiro atoms. The lowest BCUT2D eigenvalue weighted by atomic mass is 10.2. The van der Waals surface area contributed by atoms with Crippen LogP contribution in [0, 0.1) is 6.92 Å². The minimum Gasteiger partial charge on any atom is -0.335 e. The zero-order valence-corrected chi connectivity index (χ0v) is 10.4. The van der Waals surface area contributed by atoms with E-state index in [2.05, 4.69) is 17.6 Å². The summed E-state index contributed by atoms with van der Waals surface area (Å²) in [5, 5.41) is 2.83. The highest BCUT2D eigenvalue weighted by Crippen LogP contribution is 2.18. The fourth-order valence-electron chi connectivity index (χ4n) is 1.99. The Bertz CT molecular complexity index is 543. The molecule has 0 saturated heterocycles. The monoisotopic (exact) mass is 231 g/mol. The molecule has 1 amide bonds. The first-order valence-electron chi connectivity index (χ1n) is 5.59. The van der Waals surface area contributed by atoms with Crippen LogP contribution in [0.4, 0.5) is 0 Å². The van der Waals surface area contributed by atoms with Crippen LogP contribution in [0.15, 0.2) is 30.3 Å². The molecule has 0 unspecified atom stereocenters. The van der Waals surface area contributed by atoms with Crippen LogP contribution in [0.1, 0.15) is 5.69 Å². The summed E-state index contributed by atoms with van der Waals surface area (Å²) >= 11 is 0. The second-order valence-electron chi connectivity index (χ2n) is 4.36. The fraction of sp³-hybridized carbons (Fsp3) is 0.308. The molecule has 0 fully saturated rings. The number of rotatable bonds is 3. The van der Waals surface area contributed by atoms with Crippen molar-refractivity contribution in [2.75, 3.05) is 14.1 Å². The Hall–Kier alpha value is -1.81. The van der Waals surface area contributed by atoms with E-state index in [4.69, 9.17) is 0 Å². The van der Waals surface area contributed by atoms with E-state index in [1.54, 1.807) is 19.1 Å². The van der Waals surface area contributed by atoms with Crippen molar-refractivity contribution in [2.45, 2.75) is 13.5 Å². The van der Waals surface area contributed by atoms with Crippen LogP contribution >= 0.6 is 0 Å². The third-order valence-electron chi connectivity index (χ3n) is 2.67. The maximum Gasteiger partial charge on any atom is 0.254 e. The van der Waals surface area contributed by atoms with Gasteiger partial charge in [-0.25, -0.2) is 5.01 Å². The van der Waals surface area contributed by atoms with E-state index in [0.717, 1.165) is 11.2 Å². The van der Waals surface area contributed by atoms with Gasteiger partial charge in [-0.05, 0) is 24.4 Å². The number of para-hydroxylation sites is 1. The van der Waals surface area contributed by atoms with Gasteiger partial charge in [-0.15, -0.1) is 0 Å². The molecule has 2 aromatic rings. The SMILES string of the molecule is Cc1cc2ccccc2n1CC(=O)NN(C)C. The van der Waals surface area contributed by atoms with E-state index in [-0.39, 0.29) is 5.91 Å². The number of nitrogens with one attached hydrogen (secondary N) is 1. The number of aryl methyl sites for hydroxylation is 1. The van der Waals surface area contributed by atoms with Gasteiger partial charge in [0.25, 0.3) is 5.91 Å². The molecule has 1 N–H and O–H groups in total. The number of carbonyl (C=O) groups excluding carboxylic acids is 1. The molecular weight excluding hydrogens is 214 g/mol. The van der Waals surface area contributed by atoms with Gasteiger partial charge < -0.3 is 4.57 Å². The van der Waals surface area contributed by atoms with Crippen molar-refractivity contribution < 1.29 is 4.79 Å². The Morgan fingerprint density at radius 2 is 2.06 bits per heavy atom. The van der Waals surface area contributed by atoms with Gasteiger partial charge in [0, 0.05) is 25.3 Å². The molecule has 1 heterocycles. The van der Waals surface area contributed by atoms with Gasteiger partial charge in [0.1, 0.15) is 6.54 Å². The first kappa shape index (κ1) is 11.7. The Kier molecular flexibility index (Phi) is 3.15. The maximum absolute atomic E-state index is 11.7. The maximum atomic E-state index is 11.7. The average molecular weight is 231 g/mol. The lowest BCUT2D eigenvalue weighted by molar-refractivity contribution is -0.125. The molecular formula is C13H17N3O. The quantitative estimate of drug-likeness (QED) is 0.814. The zero-order chi connectivity index (χ0) is 12.4. The summed E-state index contributed by atoms with van der Waals surface area (Å²) in [5.41, 5.74) is 4.94. The molecule has 0 aliphatic rings. The van der Waals surface area contributed by atoms with Crippen LogP contribution in [0.5, 0.6) is 0 Å². The lowest BCUT2D eigenvalue weighted by Gasteiger charge is -2.13. The molecule has 1 aromatic heterocycles. The second kappa shape index (κ2) is 4.59. The van der Waals surface area contributed by atoms with E-state index in [9.17, 15) is 4.79 Å². The largest absolute Gasteiger partial charge is 0.335 e. The normalized spacial score (nSPS) is 11.1. The van der Waals surface area contributed by atoms with Crippen LogP contribution < -0.4 is 5.43 Å². The van der Waals surface area contributed by atoms with Crippen molar-refractivity contribution in [3.63, 3.8) is 0 Å². The van der Waals surface area contributed by atoms with Crippen LogP contribution in [0.2, 0.25) is 0 Å². The van der Waals surface area contributed by atoms with Crippen LogP contribution in [0.25, 0.3) is 10.9 Å². The molecule has 90 valence electrons. The highest BCUT2D eigenvalue weighted by Gasteiger charge is 2.09. The standard InChI is InChI=1S/C13H17N3O/c1-10-8-11-6-4-5-7-12(11)16(10)9-13(17)14-15(2)3/h4-8H,9H2,1-3H3,(H,14,17). The molecule has 0 atom stereocenters. The first-order valence-corrected chi connectivity index (χ1v) is 5.59. The van der Waals surface area contributed by atoms with E-state index in [1.165, 1.54) is 5.39 Å². The summed E-state index contributed by atoms with van der Waals surface area (Å²) in [6.45, 7) is 2.36. The highest BCUT2D eigenvalue weighted by atomic mass is 16.2. The molecule has 4 nitrogen and oxygen atoms in total. The summed E-state index contributed by atoms with van der Waals surface area (Å²) in [5.74, 6) is -0.0144. The van der Waals surface area contributed by atoms with E-state index in [0.29, 0.717) is 6.54 Å². The number of benzene rings is 1. The Morgan fingerprint density at radius 1 is 1.35 bits per heavy atom. The molecule has 0 aliphatic carbocycles. The molecule has 2 rings (SSSR count). The summed E-state index contributed by atoms with van der Waals surface area (Å²) in [6.07, 6.45) is 0. The van der Waals surface area contributed by atoms with E-state index < -0.39 is 0 Å². The summed E-state index contributed by atoms with van der Waals surface area (Å²) < 4.78 is 2.02. The van der Waals surface area contributed by atoms with Gasteiger partial charge in [0.05, 0.1) is 0 Å². The smallest absolute Gasteiger partial charge is 0.254 e. The molecule has 0 aliphatic heterocycles. The predicted octanol–water partition coefficient (Wildman–Crippen LogP) is 1.54. The number of amides is 1. The van der Waals surface area contributed by atoms with Crippen LogP contribution in [-0.2, 0) is 11.3 Å². The van der Waals surface area contributed by atoms with E-state index in [1.807, 2.05) is 29.7 Å². The fourth-order valence-corrected chi connectivity index (χ4v) is 1.99. The average Bonchev–Trinajstić information content (AvgIpc) is 2.55. The van der Waals surface area contributed by atoms with Gasteiger partial charge in [0.15, 0.2) is 0 Å². The number of hydrogen-bond acceptors (Lipinski definition) is 2. The highest BCUT2D eigenvalue weighted by molar-refractivity contribution is 5.84. The van der Waals surface area contributed by atoms with Crippen molar-refractivity contribution in [2.24, 2.45) is 0 Å². The van der Waals surface area contributed by atoms with Gasteiger partial charge in [-0.1, -0.05) is 18.2 Å². The minimum absolute atomic E-state index is 0.0144. The molecule has 0 saturated carbocycles. The number of aromatic nitrogens is 1. The van der Waals surface area contributed by atoms with Crippen molar-refractivity contribution in [1.82, 2.24) is 15.0 Å². The molecule has 17 heavy (non-hydrogen) atoms. The van der Waals surface area contributed by atoms with Crippen LogP contribution in [-0.4, -0.2) is 29.6 Å². The number of hydrogen-bond donors (Lipinski definition) is 1. The third-order valence-corrected chi connectivity index (χ3v) is 2.67. The third kappa shape index (κ3) is 2.47. The summed E-state index contributed by atoms with van der Waals surface area (Å²) in [4.78, 5) is 11.7. The number of carbonyl (C=O) groups is 1. The van der Waals surface area contributed by atoms with Crippen molar-refractivity contribution in [1.29, 1.82) is 0 Å². The Labute approximate surface area is 101 Å².